The largest absolute Gasteiger partial charge is 0.370 e. The fourth-order valence-electron chi connectivity index (χ4n) is 4.07. The molecule has 0 bridgehead atoms. The minimum Gasteiger partial charge on any atom is -0.370 e. The molecule has 4 rings (SSSR count). The third-order valence-electron chi connectivity index (χ3n) is 5.20. The number of amides is 1. The molecule has 0 radical (unpaired) electrons. The highest BCUT2D eigenvalue weighted by Gasteiger charge is 2.34. The maximum Gasteiger partial charge on any atom is 0.219 e. The Labute approximate surface area is 168 Å². The van der Waals surface area contributed by atoms with Crippen molar-refractivity contribution in [3.63, 3.8) is 0 Å². The monoisotopic (exact) mass is 405 g/mol. The number of anilines is 3. The van der Waals surface area contributed by atoms with Gasteiger partial charge in [0.2, 0.25) is 5.91 Å². The quantitative estimate of drug-likeness (QED) is 0.839. The molecule has 8 heteroatoms. The van der Waals surface area contributed by atoms with Crippen molar-refractivity contribution < 1.29 is 4.79 Å². The number of primary amides is 1. The van der Waals surface area contributed by atoms with Crippen LogP contribution in [0.4, 0.5) is 17.3 Å². The first kappa shape index (κ1) is 18.3. The van der Waals surface area contributed by atoms with Gasteiger partial charge in [0.15, 0.2) is 0 Å². The van der Waals surface area contributed by atoms with Gasteiger partial charge in [-0.25, -0.2) is 9.97 Å². The van der Waals surface area contributed by atoms with Crippen molar-refractivity contribution in [3.05, 3.63) is 39.6 Å². The number of aryl methyl sites for hydroxylation is 1. The molecule has 1 fully saturated rings. The van der Waals surface area contributed by atoms with E-state index in [1.54, 1.807) is 6.07 Å². The second-order valence-corrected chi connectivity index (χ2v) is 7.90. The van der Waals surface area contributed by atoms with E-state index in [1.165, 1.54) is 0 Å². The molecule has 2 aromatic rings. The van der Waals surface area contributed by atoms with E-state index in [0.29, 0.717) is 22.3 Å². The molecule has 3 heterocycles. The Balaban J connectivity index is 1.74. The standard InChI is InChI=1S/C19H21Cl2N5O/c1-11-23-18(25-7-2-3-13(25)10-17(22)27)14-6-8-26(19(14)24-11)16-5-4-12(20)9-15(16)21/h4-5,9,13H,2-3,6-8,10H2,1H3,(H2,22,27). The van der Waals surface area contributed by atoms with Gasteiger partial charge in [-0.05, 0) is 44.4 Å². The summed E-state index contributed by atoms with van der Waals surface area (Å²) >= 11 is 12.5. The maximum absolute atomic E-state index is 11.5. The number of nitrogens with two attached hydrogens (primary N) is 1. The van der Waals surface area contributed by atoms with Crippen LogP contribution in [0.1, 0.15) is 30.7 Å². The van der Waals surface area contributed by atoms with E-state index in [9.17, 15) is 4.79 Å². The number of halogens is 2. The lowest BCUT2D eigenvalue weighted by atomic mass is 10.1. The first-order chi connectivity index (χ1) is 12.9. The van der Waals surface area contributed by atoms with E-state index >= 15 is 0 Å². The minimum absolute atomic E-state index is 0.106. The summed E-state index contributed by atoms with van der Waals surface area (Å²) in [5.74, 6) is 2.23. The predicted molar refractivity (Wildman–Crippen MR) is 108 cm³/mol. The van der Waals surface area contributed by atoms with Crippen LogP contribution in [0.2, 0.25) is 10.0 Å². The average Bonchev–Trinajstić information content (AvgIpc) is 3.21. The molecule has 1 aromatic heterocycles. The van der Waals surface area contributed by atoms with Gasteiger partial charge in [-0.3, -0.25) is 4.79 Å². The number of rotatable bonds is 4. The number of benzene rings is 1. The van der Waals surface area contributed by atoms with Crippen molar-refractivity contribution in [2.24, 2.45) is 5.73 Å². The highest BCUT2D eigenvalue weighted by molar-refractivity contribution is 6.36. The van der Waals surface area contributed by atoms with Crippen LogP contribution in [0.25, 0.3) is 0 Å². The van der Waals surface area contributed by atoms with Crippen molar-refractivity contribution >= 4 is 46.4 Å². The van der Waals surface area contributed by atoms with Crippen molar-refractivity contribution in [1.82, 2.24) is 9.97 Å². The van der Waals surface area contributed by atoms with Crippen LogP contribution in [0.3, 0.4) is 0 Å². The van der Waals surface area contributed by atoms with E-state index in [1.807, 2.05) is 19.1 Å². The lowest BCUT2D eigenvalue weighted by Gasteiger charge is -2.27. The fraction of sp³-hybridized carbons (Fsp3) is 0.421. The Morgan fingerprint density at radius 3 is 2.78 bits per heavy atom. The minimum atomic E-state index is -0.274. The zero-order chi connectivity index (χ0) is 19.1. The molecule has 1 amide bonds. The van der Waals surface area contributed by atoms with Gasteiger partial charge in [0, 0.05) is 36.1 Å². The summed E-state index contributed by atoms with van der Waals surface area (Å²) < 4.78 is 0. The van der Waals surface area contributed by atoms with E-state index in [2.05, 4.69) is 9.80 Å². The Bertz CT molecular complexity index is 904. The SMILES string of the molecule is Cc1nc2c(c(N3CCCC3CC(N)=O)n1)CCN2c1ccc(Cl)cc1Cl. The molecule has 1 atom stereocenters. The third kappa shape index (κ3) is 3.44. The van der Waals surface area contributed by atoms with Crippen LogP contribution in [0, 0.1) is 6.92 Å². The van der Waals surface area contributed by atoms with E-state index in [-0.39, 0.29) is 11.9 Å². The molecule has 2 aliphatic heterocycles. The molecule has 2 N–H and O–H groups in total. The van der Waals surface area contributed by atoms with Gasteiger partial charge in [0.1, 0.15) is 17.5 Å². The number of carbonyl (C=O) groups is 1. The van der Waals surface area contributed by atoms with Crippen LogP contribution < -0.4 is 15.5 Å². The van der Waals surface area contributed by atoms with Crippen molar-refractivity contribution in [1.29, 1.82) is 0 Å². The Kier molecular flexibility index (Phi) is 4.86. The Morgan fingerprint density at radius 1 is 1.26 bits per heavy atom. The number of carbonyl (C=O) groups excluding carboxylic acids is 1. The van der Waals surface area contributed by atoms with Crippen molar-refractivity contribution in [2.45, 2.75) is 38.6 Å². The second-order valence-electron chi connectivity index (χ2n) is 7.05. The Hall–Kier alpha value is -2.05. The predicted octanol–water partition coefficient (Wildman–Crippen LogP) is 3.63. The molecule has 2 aliphatic rings. The molecule has 6 nitrogen and oxygen atoms in total. The molecule has 1 unspecified atom stereocenters. The maximum atomic E-state index is 11.5. The molecule has 0 spiro atoms. The number of nitrogens with zero attached hydrogens (tertiary/aromatic N) is 4. The normalized spacial score (nSPS) is 18.9. The van der Waals surface area contributed by atoms with Crippen LogP contribution in [0.5, 0.6) is 0 Å². The first-order valence-electron chi connectivity index (χ1n) is 9.09. The van der Waals surface area contributed by atoms with Gasteiger partial charge in [-0.2, -0.15) is 0 Å². The van der Waals surface area contributed by atoms with Gasteiger partial charge in [-0.15, -0.1) is 0 Å². The van der Waals surface area contributed by atoms with E-state index < -0.39 is 0 Å². The number of fused-ring (bicyclic) bond motifs is 1. The fourth-order valence-corrected chi connectivity index (χ4v) is 4.58. The van der Waals surface area contributed by atoms with Gasteiger partial charge in [0.05, 0.1) is 10.7 Å². The smallest absolute Gasteiger partial charge is 0.219 e. The van der Waals surface area contributed by atoms with Crippen LogP contribution in [-0.2, 0) is 11.2 Å². The zero-order valence-electron chi connectivity index (χ0n) is 15.1. The molecule has 0 saturated carbocycles. The summed E-state index contributed by atoms with van der Waals surface area (Å²) in [7, 11) is 0. The van der Waals surface area contributed by atoms with Gasteiger partial charge in [-0.1, -0.05) is 23.2 Å². The topological polar surface area (TPSA) is 75.4 Å². The second kappa shape index (κ2) is 7.17. The van der Waals surface area contributed by atoms with Crippen molar-refractivity contribution in [3.8, 4) is 0 Å². The highest BCUT2D eigenvalue weighted by atomic mass is 35.5. The lowest BCUT2D eigenvalue weighted by Crippen LogP contribution is -2.34. The van der Waals surface area contributed by atoms with Gasteiger partial charge >= 0.3 is 0 Å². The average molecular weight is 406 g/mol. The van der Waals surface area contributed by atoms with E-state index in [0.717, 1.165) is 55.2 Å². The first-order valence-corrected chi connectivity index (χ1v) is 9.84. The summed E-state index contributed by atoms with van der Waals surface area (Å²) in [5, 5.41) is 1.20. The van der Waals surface area contributed by atoms with Crippen LogP contribution >= 0.6 is 23.2 Å². The molecule has 1 aromatic carbocycles. The third-order valence-corrected chi connectivity index (χ3v) is 5.74. The van der Waals surface area contributed by atoms with Crippen LogP contribution in [0.15, 0.2) is 18.2 Å². The molecule has 0 aliphatic carbocycles. The number of aromatic nitrogens is 2. The molecular weight excluding hydrogens is 385 g/mol. The van der Waals surface area contributed by atoms with Gasteiger partial charge in [0.25, 0.3) is 0 Å². The zero-order valence-corrected chi connectivity index (χ0v) is 16.6. The number of hydrogen-bond donors (Lipinski definition) is 1. The summed E-state index contributed by atoms with van der Waals surface area (Å²) in [6.45, 7) is 3.54. The summed E-state index contributed by atoms with van der Waals surface area (Å²) in [5.41, 5.74) is 7.44. The Morgan fingerprint density at radius 2 is 2.04 bits per heavy atom. The van der Waals surface area contributed by atoms with Crippen molar-refractivity contribution in [2.75, 3.05) is 22.9 Å². The highest BCUT2D eigenvalue weighted by Crippen LogP contribution is 2.42. The number of hydrogen-bond acceptors (Lipinski definition) is 5. The molecule has 1 saturated heterocycles. The lowest BCUT2D eigenvalue weighted by molar-refractivity contribution is -0.118. The summed E-state index contributed by atoms with van der Waals surface area (Å²) in [6.07, 6.45) is 3.16. The summed E-state index contributed by atoms with van der Waals surface area (Å²) in [6, 6.07) is 5.60. The molecule has 27 heavy (non-hydrogen) atoms. The molecular formula is C19H21Cl2N5O. The van der Waals surface area contributed by atoms with Crippen LogP contribution in [-0.4, -0.2) is 35.0 Å². The van der Waals surface area contributed by atoms with Gasteiger partial charge < -0.3 is 15.5 Å². The molecule has 142 valence electrons. The summed E-state index contributed by atoms with van der Waals surface area (Å²) in [4.78, 5) is 25.2. The van der Waals surface area contributed by atoms with E-state index in [4.69, 9.17) is 38.9 Å².